The Morgan fingerprint density at radius 3 is 2.56 bits per heavy atom. The summed E-state index contributed by atoms with van der Waals surface area (Å²) >= 11 is 3.03. The summed E-state index contributed by atoms with van der Waals surface area (Å²) in [7, 11) is 0. The number of hydrogen-bond donors (Lipinski definition) is 1. The highest BCUT2D eigenvalue weighted by atomic mass is 32.2. The van der Waals surface area contributed by atoms with E-state index in [-0.39, 0.29) is 5.92 Å². The van der Waals surface area contributed by atoms with E-state index in [2.05, 4.69) is 21.6 Å². The number of ether oxygens (including phenoxy) is 1. The summed E-state index contributed by atoms with van der Waals surface area (Å²) in [5, 5.41) is 21.0. The van der Waals surface area contributed by atoms with Crippen molar-refractivity contribution in [1.29, 1.82) is 5.26 Å². The highest BCUT2D eigenvalue weighted by Gasteiger charge is 2.08. The van der Waals surface area contributed by atoms with Crippen LogP contribution in [0.15, 0.2) is 58.9 Å². The average molecular weight is 368 g/mol. The Hall–Kier alpha value is -2.56. The molecule has 25 heavy (non-hydrogen) atoms. The van der Waals surface area contributed by atoms with Crippen LogP contribution in [0.3, 0.4) is 0 Å². The van der Waals surface area contributed by atoms with Gasteiger partial charge in [-0.2, -0.15) is 5.26 Å². The molecule has 5 nitrogen and oxygen atoms in total. The van der Waals surface area contributed by atoms with E-state index in [9.17, 15) is 0 Å². The second kappa shape index (κ2) is 8.51. The molecule has 0 amide bonds. The van der Waals surface area contributed by atoms with Crippen molar-refractivity contribution >= 4 is 33.9 Å². The first-order chi connectivity index (χ1) is 12.2. The Labute approximate surface area is 154 Å². The standard InChI is InChI=1S/C18H16N4OS2/c1-13(11-19)12-24-18-22-21-17(25-18)20-14-7-9-16(10-8-14)23-15-5-3-2-4-6-15/h2-10,13H,12H2,1H3,(H,20,21)/t13-/m1/s1. The maximum atomic E-state index is 8.81. The van der Waals surface area contributed by atoms with E-state index in [0.717, 1.165) is 32.4 Å². The topological polar surface area (TPSA) is 70.8 Å². The fraction of sp³-hybridized carbons (Fsp3) is 0.167. The molecule has 7 heteroatoms. The number of nitrogens with zero attached hydrogens (tertiary/aromatic N) is 3. The van der Waals surface area contributed by atoms with E-state index in [4.69, 9.17) is 10.00 Å². The van der Waals surface area contributed by atoms with Gasteiger partial charge in [0.15, 0.2) is 4.34 Å². The number of rotatable bonds is 7. The molecule has 0 spiro atoms. The fourth-order valence-corrected chi connectivity index (χ4v) is 3.65. The number of nitriles is 1. The lowest BCUT2D eigenvalue weighted by atomic mass is 10.3. The van der Waals surface area contributed by atoms with E-state index < -0.39 is 0 Å². The highest BCUT2D eigenvalue weighted by Crippen LogP contribution is 2.29. The molecule has 1 N–H and O–H groups in total. The Bertz CT molecular complexity index is 844. The minimum atomic E-state index is 0.00229. The van der Waals surface area contributed by atoms with Gasteiger partial charge in [-0.1, -0.05) is 41.3 Å². The van der Waals surface area contributed by atoms with Gasteiger partial charge in [0.05, 0.1) is 12.0 Å². The summed E-state index contributed by atoms with van der Waals surface area (Å²) in [4.78, 5) is 0. The molecule has 2 aromatic carbocycles. The zero-order valence-corrected chi connectivity index (χ0v) is 15.2. The van der Waals surface area contributed by atoms with Gasteiger partial charge in [-0.3, -0.25) is 0 Å². The lowest BCUT2D eigenvalue weighted by Crippen LogP contribution is -1.92. The van der Waals surface area contributed by atoms with Crippen LogP contribution in [0.4, 0.5) is 10.8 Å². The summed E-state index contributed by atoms with van der Waals surface area (Å²) < 4.78 is 6.63. The third kappa shape index (κ3) is 5.21. The van der Waals surface area contributed by atoms with Gasteiger partial charge in [-0.05, 0) is 43.3 Å². The van der Waals surface area contributed by atoms with Crippen LogP contribution in [0.2, 0.25) is 0 Å². The molecule has 0 aliphatic heterocycles. The zero-order valence-electron chi connectivity index (χ0n) is 13.5. The first-order valence-corrected chi connectivity index (χ1v) is 9.49. The van der Waals surface area contributed by atoms with Crippen molar-refractivity contribution in [1.82, 2.24) is 10.2 Å². The van der Waals surface area contributed by atoms with Crippen LogP contribution >= 0.6 is 23.1 Å². The number of nitrogens with one attached hydrogen (secondary N) is 1. The number of anilines is 2. The maximum Gasteiger partial charge on any atom is 0.210 e. The smallest absolute Gasteiger partial charge is 0.210 e. The summed E-state index contributed by atoms with van der Waals surface area (Å²) in [6.45, 7) is 1.90. The number of hydrogen-bond acceptors (Lipinski definition) is 7. The summed E-state index contributed by atoms with van der Waals surface area (Å²) in [6, 6.07) is 19.6. The number of benzene rings is 2. The molecule has 0 saturated heterocycles. The third-order valence-electron chi connectivity index (χ3n) is 3.17. The largest absolute Gasteiger partial charge is 0.457 e. The van der Waals surface area contributed by atoms with E-state index in [1.807, 2.05) is 61.5 Å². The van der Waals surface area contributed by atoms with Gasteiger partial charge in [-0.15, -0.1) is 10.2 Å². The van der Waals surface area contributed by atoms with E-state index in [1.165, 1.54) is 11.3 Å². The summed E-state index contributed by atoms with van der Waals surface area (Å²) in [6.07, 6.45) is 0. The first kappa shape index (κ1) is 17.3. The van der Waals surface area contributed by atoms with Crippen molar-refractivity contribution in [3.63, 3.8) is 0 Å². The van der Waals surface area contributed by atoms with Crippen LogP contribution in [0.1, 0.15) is 6.92 Å². The van der Waals surface area contributed by atoms with Gasteiger partial charge in [0.1, 0.15) is 11.5 Å². The molecule has 0 aliphatic rings. The van der Waals surface area contributed by atoms with Gasteiger partial charge >= 0.3 is 0 Å². The molecule has 1 heterocycles. The molecule has 3 aromatic rings. The molecular weight excluding hydrogens is 352 g/mol. The van der Waals surface area contributed by atoms with Crippen LogP contribution < -0.4 is 10.1 Å². The quantitative estimate of drug-likeness (QED) is 0.569. The molecule has 0 bridgehead atoms. The Kier molecular flexibility index (Phi) is 5.88. The SMILES string of the molecule is C[C@H](C#N)CSc1nnc(Nc2ccc(Oc3ccccc3)cc2)s1. The second-order valence-electron chi connectivity index (χ2n) is 5.28. The van der Waals surface area contributed by atoms with Gasteiger partial charge in [-0.25, -0.2) is 0 Å². The molecule has 126 valence electrons. The third-order valence-corrected chi connectivity index (χ3v) is 5.40. The predicted octanol–water partition coefficient (Wildman–Crippen LogP) is 5.33. The van der Waals surface area contributed by atoms with Crippen LogP contribution in [0.25, 0.3) is 0 Å². The molecular formula is C18H16N4OS2. The maximum absolute atomic E-state index is 8.81. The van der Waals surface area contributed by atoms with E-state index in [0.29, 0.717) is 0 Å². The molecule has 1 atom stereocenters. The zero-order chi connectivity index (χ0) is 17.5. The van der Waals surface area contributed by atoms with Crippen LogP contribution in [0, 0.1) is 17.2 Å². The van der Waals surface area contributed by atoms with Crippen LogP contribution in [-0.4, -0.2) is 16.0 Å². The van der Waals surface area contributed by atoms with Gasteiger partial charge in [0.25, 0.3) is 0 Å². The molecule has 0 saturated carbocycles. The minimum absolute atomic E-state index is 0.00229. The van der Waals surface area contributed by atoms with Crippen molar-refractivity contribution in [3.05, 3.63) is 54.6 Å². The average Bonchev–Trinajstić information content (AvgIpc) is 3.09. The number of aromatic nitrogens is 2. The number of para-hydroxylation sites is 1. The summed E-state index contributed by atoms with van der Waals surface area (Å²) in [5.41, 5.74) is 0.915. The van der Waals surface area contributed by atoms with Gasteiger partial charge in [0.2, 0.25) is 5.13 Å². The van der Waals surface area contributed by atoms with Crippen molar-refractivity contribution in [3.8, 4) is 17.6 Å². The Morgan fingerprint density at radius 1 is 1.12 bits per heavy atom. The normalized spacial score (nSPS) is 11.5. The fourth-order valence-electron chi connectivity index (χ4n) is 1.91. The van der Waals surface area contributed by atoms with Gasteiger partial charge in [0, 0.05) is 11.4 Å². The second-order valence-corrected chi connectivity index (χ2v) is 7.52. The van der Waals surface area contributed by atoms with Crippen LogP contribution in [0.5, 0.6) is 11.5 Å². The van der Waals surface area contributed by atoms with Crippen molar-refractivity contribution in [2.24, 2.45) is 5.92 Å². The number of thioether (sulfide) groups is 1. The summed E-state index contributed by atoms with van der Waals surface area (Å²) in [5.74, 6) is 2.30. The molecule has 0 radical (unpaired) electrons. The lowest BCUT2D eigenvalue weighted by molar-refractivity contribution is 0.483. The predicted molar refractivity (Wildman–Crippen MR) is 102 cm³/mol. The minimum Gasteiger partial charge on any atom is -0.457 e. The van der Waals surface area contributed by atoms with Gasteiger partial charge < -0.3 is 10.1 Å². The molecule has 0 unspecified atom stereocenters. The first-order valence-electron chi connectivity index (χ1n) is 7.69. The lowest BCUT2D eigenvalue weighted by Gasteiger charge is -2.06. The van der Waals surface area contributed by atoms with Crippen molar-refractivity contribution in [2.45, 2.75) is 11.3 Å². The highest BCUT2D eigenvalue weighted by molar-refractivity contribution is 8.01. The van der Waals surface area contributed by atoms with E-state index >= 15 is 0 Å². The monoisotopic (exact) mass is 368 g/mol. The van der Waals surface area contributed by atoms with E-state index in [1.54, 1.807) is 11.8 Å². The Balaban J connectivity index is 1.56. The molecule has 3 rings (SSSR count). The van der Waals surface area contributed by atoms with Crippen LogP contribution in [-0.2, 0) is 0 Å². The molecule has 1 aromatic heterocycles. The van der Waals surface area contributed by atoms with Crippen molar-refractivity contribution in [2.75, 3.05) is 11.1 Å². The van der Waals surface area contributed by atoms with Crippen molar-refractivity contribution < 1.29 is 4.74 Å². The molecule has 0 aliphatic carbocycles. The Morgan fingerprint density at radius 2 is 1.84 bits per heavy atom. The molecule has 0 fully saturated rings.